The number of rotatable bonds is 4. The van der Waals surface area contributed by atoms with Gasteiger partial charge in [-0.05, 0) is 30.3 Å². The quantitative estimate of drug-likeness (QED) is 0.716. The number of hydrogen-bond donors (Lipinski definition) is 3. The zero-order chi connectivity index (χ0) is 13.8. The smallest absolute Gasteiger partial charge is 0.248 e. The highest BCUT2D eigenvalue weighted by atomic mass is 32.1. The summed E-state index contributed by atoms with van der Waals surface area (Å²) in [6.45, 7) is 0. The molecule has 0 aliphatic carbocycles. The summed E-state index contributed by atoms with van der Waals surface area (Å²) in [5.41, 5.74) is 12.3. The lowest BCUT2D eigenvalue weighted by Crippen LogP contribution is -2.13. The van der Waals surface area contributed by atoms with Crippen molar-refractivity contribution >= 4 is 34.7 Å². The number of anilines is 2. The molecule has 0 fully saturated rings. The fourth-order valence-corrected chi connectivity index (χ4v) is 1.52. The maximum Gasteiger partial charge on any atom is 0.248 e. The molecule has 2 rings (SSSR count). The summed E-state index contributed by atoms with van der Waals surface area (Å²) in [6.07, 6.45) is 1.56. The van der Waals surface area contributed by atoms with Gasteiger partial charge in [0.25, 0.3) is 0 Å². The minimum Gasteiger partial charge on any atom is -0.388 e. The molecule has 0 aliphatic rings. The molecule has 1 aromatic heterocycles. The van der Waals surface area contributed by atoms with Crippen molar-refractivity contribution in [3.63, 3.8) is 0 Å². The Balaban J connectivity index is 2.19. The third-order valence-corrected chi connectivity index (χ3v) is 2.54. The van der Waals surface area contributed by atoms with E-state index in [0.29, 0.717) is 17.2 Å². The molecule has 0 atom stereocenters. The lowest BCUT2D eigenvalue weighted by atomic mass is 10.2. The maximum atomic E-state index is 10.9. The lowest BCUT2D eigenvalue weighted by Gasteiger charge is -2.06. The molecule has 0 radical (unpaired) electrons. The molecule has 0 saturated carbocycles. The van der Waals surface area contributed by atoms with E-state index in [2.05, 4.69) is 15.3 Å². The summed E-state index contributed by atoms with van der Waals surface area (Å²) in [5.74, 6) is -0.101. The Kier molecular flexibility index (Phi) is 3.67. The normalized spacial score (nSPS) is 9.89. The first-order valence-electron chi connectivity index (χ1n) is 5.36. The summed E-state index contributed by atoms with van der Waals surface area (Å²) in [6, 6.07) is 8.27. The molecule has 0 saturated heterocycles. The van der Waals surface area contributed by atoms with E-state index in [1.165, 1.54) is 0 Å². The number of carbonyl (C=O) groups is 1. The van der Waals surface area contributed by atoms with Crippen molar-refractivity contribution in [2.75, 3.05) is 5.32 Å². The average molecular weight is 273 g/mol. The summed E-state index contributed by atoms with van der Waals surface area (Å²) in [7, 11) is 0. The SMILES string of the molecule is NC(=O)c1ccc(Nc2nccc(C(N)=S)n2)cc1. The Morgan fingerprint density at radius 2 is 1.84 bits per heavy atom. The molecule has 1 heterocycles. The Labute approximate surface area is 114 Å². The largest absolute Gasteiger partial charge is 0.388 e. The first-order chi connectivity index (χ1) is 9.06. The van der Waals surface area contributed by atoms with Crippen LogP contribution in [0.25, 0.3) is 0 Å². The monoisotopic (exact) mass is 273 g/mol. The fourth-order valence-electron chi connectivity index (χ4n) is 1.40. The van der Waals surface area contributed by atoms with E-state index in [4.69, 9.17) is 23.7 Å². The van der Waals surface area contributed by atoms with Gasteiger partial charge in [0.1, 0.15) is 10.7 Å². The third kappa shape index (κ3) is 3.23. The number of benzene rings is 1. The number of nitrogens with one attached hydrogen (secondary N) is 1. The summed E-state index contributed by atoms with van der Waals surface area (Å²) < 4.78 is 0. The van der Waals surface area contributed by atoms with Crippen LogP contribution >= 0.6 is 12.2 Å². The van der Waals surface area contributed by atoms with E-state index in [9.17, 15) is 4.79 Å². The van der Waals surface area contributed by atoms with E-state index >= 15 is 0 Å². The van der Waals surface area contributed by atoms with E-state index in [-0.39, 0.29) is 4.99 Å². The molecule has 5 N–H and O–H groups in total. The van der Waals surface area contributed by atoms with Crippen LogP contribution in [0.3, 0.4) is 0 Å². The van der Waals surface area contributed by atoms with Gasteiger partial charge in [0.05, 0.1) is 0 Å². The predicted octanol–water partition coefficient (Wildman–Crippen LogP) is 0.953. The second-order valence-electron chi connectivity index (χ2n) is 3.70. The number of primary amides is 1. The second-order valence-corrected chi connectivity index (χ2v) is 4.14. The first kappa shape index (κ1) is 12.9. The highest BCUT2D eigenvalue weighted by Gasteiger charge is 2.03. The number of nitrogens with two attached hydrogens (primary N) is 2. The molecule has 0 bridgehead atoms. The molecule has 1 aromatic carbocycles. The van der Waals surface area contributed by atoms with Crippen molar-refractivity contribution in [1.82, 2.24) is 9.97 Å². The zero-order valence-corrected chi connectivity index (χ0v) is 10.6. The topological polar surface area (TPSA) is 107 Å². The molecule has 7 heteroatoms. The van der Waals surface area contributed by atoms with Crippen LogP contribution in [0.2, 0.25) is 0 Å². The maximum absolute atomic E-state index is 10.9. The van der Waals surface area contributed by atoms with Crippen molar-refractivity contribution in [1.29, 1.82) is 0 Å². The molecule has 19 heavy (non-hydrogen) atoms. The van der Waals surface area contributed by atoms with Gasteiger partial charge in [-0.25, -0.2) is 9.97 Å². The molecule has 0 aliphatic heterocycles. The Morgan fingerprint density at radius 3 is 2.42 bits per heavy atom. The number of nitrogens with zero attached hydrogens (tertiary/aromatic N) is 2. The van der Waals surface area contributed by atoms with Gasteiger partial charge in [0.2, 0.25) is 11.9 Å². The molecule has 1 amide bonds. The van der Waals surface area contributed by atoms with Crippen molar-refractivity contribution in [2.24, 2.45) is 11.5 Å². The van der Waals surface area contributed by atoms with E-state index in [0.717, 1.165) is 5.69 Å². The highest BCUT2D eigenvalue weighted by molar-refractivity contribution is 7.80. The van der Waals surface area contributed by atoms with Crippen molar-refractivity contribution in [3.05, 3.63) is 47.8 Å². The summed E-state index contributed by atoms with van der Waals surface area (Å²) in [4.78, 5) is 19.3. The molecule has 2 aromatic rings. The van der Waals surface area contributed by atoms with Gasteiger partial charge in [-0.15, -0.1) is 0 Å². The van der Waals surface area contributed by atoms with E-state index < -0.39 is 5.91 Å². The Hall–Kier alpha value is -2.54. The van der Waals surface area contributed by atoms with Crippen molar-refractivity contribution in [2.45, 2.75) is 0 Å². The highest BCUT2D eigenvalue weighted by Crippen LogP contribution is 2.13. The minimum absolute atomic E-state index is 0.203. The van der Waals surface area contributed by atoms with E-state index in [1.54, 1.807) is 36.5 Å². The van der Waals surface area contributed by atoms with Crippen LogP contribution in [0, 0.1) is 0 Å². The Bertz CT molecular complexity index is 626. The lowest BCUT2D eigenvalue weighted by molar-refractivity contribution is 0.100. The van der Waals surface area contributed by atoms with Crippen LogP contribution in [0.5, 0.6) is 0 Å². The second kappa shape index (κ2) is 5.40. The van der Waals surface area contributed by atoms with Gasteiger partial charge >= 0.3 is 0 Å². The van der Waals surface area contributed by atoms with Gasteiger partial charge in [-0.1, -0.05) is 12.2 Å². The third-order valence-electron chi connectivity index (χ3n) is 2.33. The van der Waals surface area contributed by atoms with Crippen LogP contribution in [0.4, 0.5) is 11.6 Å². The van der Waals surface area contributed by atoms with Crippen LogP contribution in [-0.2, 0) is 0 Å². The number of hydrogen-bond acceptors (Lipinski definition) is 5. The molecule has 6 nitrogen and oxygen atoms in total. The number of amides is 1. The summed E-state index contributed by atoms with van der Waals surface area (Å²) >= 11 is 4.84. The molecular formula is C12H11N5OS. The molecule has 0 unspecified atom stereocenters. The zero-order valence-electron chi connectivity index (χ0n) is 9.83. The van der Waals surface area contributed by atoms with Crippen LogP contribution in [-0.4, -0.2) is 20.9 Å². The van der Waals surface area contributed by atoms with Gasteiger partial charge in [0, 0.05) is 17.4 Å². The van der Waals surface area contributed by atoms with Crippen LogP contribution in [0.15, 0.2) is 36.5 Å². The van der Waals surface area contributed by atoms with Gasteiger partial charge in [-0.3, -0.25) is 4.79 Å². The average Bonchev–Trinajstić information content (AvgIpc) is 2.39. The number of thiocarbonyl (C=S) groups is 1. The van der Waals surface area contributed by atoms with Crippen LogP contribution in [0.1, 0.15) is 16.1 Å². The standard InChI is InChI=1S/C12H11N5OS/c13-10(18)7-1-3-8(4-2-7)16-12-15-6-5-9(17-12)11(14)19/h1-6H,(H2,13,18)(H2,14,19)(H,15,16,17). The van der Waals surface area contributed by atoms with E-state index in [1.807, 2.05) is 0 Å². The minimum atomic E-state index is -0.474. The fraction of sp³-hybridized carbons (Fsp3) is 0. The van der Waals surface area contributed by atoms with Crippen molar-refractivity contribution in [3.8, 4) is 0 Å². The van der Waals surface area contributed by atoms with Gasteiger partial charge in [-0.2, -0.15) is 0 Å². The molecule has 96 valence electrons. The van der Waals surface area contributed by atoms with Gasteiger partial charge < -0.3 is 16.8 Å². The predicted molar refractivity (Wildman–Crippen MR) is 76.2 cm³/mol. The van der Waals surface area contributed by atoms with Gasteiger partial charge in [0.15, 0.2) is 0 Å². The number of aromatic nitrogens is 2. The molecule has 0 spiro atoms. The molecular weight excluding hydrogens is 262 g/mol. The first-order valence-corrected chi connectivity index (χ1v) is 5.77. The number of carbonyl (C=O) groups excluding carboxylic acids is 1. The Morgan fingerprint density at radius 1 is 1.16 bits per heavy atom. The summed E-state index contributed by atoms with van der Waals surface area (Å²) in [5, 5.41) is 2.98. The van der Waals surface area contributed by atoms with Crippen LogP contribution < -0.4 is 16.8 Å². The van der Waals surface area contributed by atoms with Crippen molar-refractivity contribution < 1.29 is 4.79 Å².